The Morgan fingerprint density at radius 3 is 2.14 bits per heavy atom. The molecule has 2 atom stereocenters. The fourth-order valence-electron chi connectivity index (χ4n) is 7.57. The zero-order valence-corrected chi connectivity index (χ0v) is 40.4. The van der Waals surface area contributed by atoms with Crippen molar-refractivity contribution >= 4 is 52.3 Å². The smallest absolute Gasteiger partial charge is 0.246 e. The van der Waals surface area contributed by atoms with E-state index in [0.717, 1.165) is 16.7 Å². The van der Waals surface area contributed by atoms with Gasteiger partial charge in [0.15, 0.2) is 0 Å². The van der Waals surface area contributed by atoms with Gasteiger partial charge in [-0.3, -0.25) is 24.0 Å². The number of ether oxygens (including phenoxy) is 1. The molecule has 358 valence electrons. The summed E-state index contributed by atoms with van der Waals surface area (Å²) in [6.45, 7) is 18.5. The Hall–Kier alpha value is -5.93. The van der Waals surface area contributed by atoms with Gasteiger partial charge in [0.1, 0.15) is 17.8 Å². The molecule has 0 spiro atoms. The second kappa shape index (κ2) is 24.6. The summed E-state index contributed by atoms with van der Waals surface area (Å²) in [5.74, 6) is -1.78. The number of hydrogen-bond donors (Lipinski definition) is 7. The zero-order valence-electron chi connectivity index (χ0n) is 40.4. The van der Waals surface area contributed by atoms with Crippen molar-refractivity contribution in [3.63, 3.8) is 0 Å². The van der Waals surface area contributed by atoms with E-state index in [4.69, 9.17) is 16.0 Å². The van der Waals surface area contributed by atoms with Crippen molar-refractivity contribution in [1.29, 1.82) is 5.53 Å². The van der Waals surface area contributed by atoms with E-state index in [1.54, 1.807) is 18.7 Å². The van der Waals surface area contributed by atoms with E-state index in [-0.39, 0.29) is 61.4 Å². The SMILES string of the molecule is Cc1ccc(NC(=O)[C@H](CCCCN)NC(=O)C(NC(=O)CCC(C)(C)OCCC(C)(C)N/C2=C(\N=N)c3ccccc3N(C(=O)CCNC(=O)C(C)C)Cc3ccccc32)C(C)C)cc1. The number of aryl methyl sites for hydroxylation is 1. The number of hydrogen-bond acceptors (Lipinski definition) is 10. The van der Waals surface area contributed by atoms with E-state index >= 15 is 0 Å². The van der Waals surface area contributed by atoms with Crippen molar-refractivity contribution in [2.45, 2.75) is 137 Å². The van der Waals surface area contributed by atoms with Gasteiger partial charge in [-0.1, -0.05) is 87.9 Å². The number of fused-ring (bicyclic) bond motifs is 2. The summed E-state index contributed by atoms with van der Waals surface area (Å²) >= 11 is 0. The van der Waals surface area contributed by atoms with Crippen molar-refractivity contribution in [3.8, 4) is 0 Å². The summed E-state index contributed by atoms with van der Waals surface area (Å²) in [5.41, 5.74) is 18.5. The van der Waals surface area contributed by atoms with Crippen LogP contribution in [0.5, 0.6) is 0 Å². The summed E-state index contributed by atoms with van der Waals surface area (Å²) in [6.07, 6.45) is 2.91. The molecular weight excluding hydrogens is 835 g/mol. The number of carbonyl (C=O) groups is 5. The van der Waals surface area contributed by atoms with Crippen LogP contribution in [-0.2, 0) is 35.3 Å². The molecule has 0 aliphatic carbocycles. The van der Waals surface area contributed by atoms with E-state index in [0.29, 0.717) is 73.6 Å². The van der Waals surface area contributed by atoms with E-state index in [9.17, 15) is 24.0 Å². The van der Waals surface area contributed by atoms with Gasteiger partial charge in [0, 0.05) is 54.3 Å². The first-order chi connectivity index (χ1) is 31.3. The first-order valence-corrected chi connectivity index (χ1v) is 23.2. The number of amides is 5. The first-order valence-electron chi connectivity index (χ1n) is 23.2. The fourth-order valence-corrected chi connectivity index (χ4v) is 7.57. The Kier molecular flexibility index (Phi) is 19.6. The lowest BCUT2D eigenvalue weighted by Crippen LogP contribution is -2.54. The third-order valence-corrected chi connectivity index (χ3v) is 11.7. The van der Waals surface area contributed by atoms with E-state index in [2.05, 4.69) is 31.7 Å². The van der Waals surface area contributed by atoms with Crippen LogP contribution < -0.4 is 37.2 Å². The number of nitrogens with zero attached hydrogens (tertiary/aromatic N) is 2. The zero-order chi connectivity index (χ0) is 48.6. The van der Waals surface area contributed by atoms with Crippen molar-refractivity contribution in [2.75, 3.05) is 29.9 Å². The van der Waals surface area contributed by atoms with Gasteiger partial charge in [0.2, 0.25) is 29.5 Å². The van der Waals surface area contributed by atoms with Crippen LogP contribution in [0.15, 0.2) is 77.9 Å². The van der Waals surface area contributed by atoms with Gasteiger partial charge in [-0.05, 0) is 103 Å². The predicted molar refractivity (Wildman–Crippen MR) is 261 cm³/mol. The average Bonchev–Trinajstić information content (AvgIpc) is 3.26. The van der Waals surface area contributed by atoms with Crippen molar-refractivity contribution < 1.29 is 28.7 Å². The molecule has 3 aromatic rings. The van der Waals surface area contributed by atoms with Crippen LogP contribution in [0.1, 0.15) is 123 Å². The second-order valence-corrected chi connectivity index (χ2v) is 19.0. The fraction of sp³-hybridized carbons (Fsp3) is 0.510. The molecular formula is C51H73N9O6. The molecule has 1 heterocycles. The monoisotopic (exact) mass is 908 g/mol. The number of carbonyl (C=O) groups excluding carboxylic acids is 5. The Bertz CT molecular complexity index is 2180. The molecule has 1 aliphatic rings. The van der Waals surface area contributed by atoms with Gasteiger partial charge < -0.3 is 42.0 Å². The molecule has 0 bridgehead atoms. The summed E-state index contributed by atoms with van der Waals surface area (Å²) in [5, 5.41) is 19.3. The van der Waals surface area contributed by atoms with Gasteiger partial charge in [-0.2, -0.15) is 5.11 Å². The maximum absolute atomic E-state index is 13.8. The minimum absolute atomic E-state index is 0.106. The minimum Gasteiger partial charge on any atom is -0.378 e. The Labute approximate surface area is 391 Å². The predicted octanol–water partition coefficient (Wildman–Crippen LogP) is 7.59. The maximum atomic E-state index is 13.8. The molecule has 15 nitrogen and oxygen atoms in total. The summed E-state index contributed by atoms with van der Waals surface area (Å²) in [6, 6.07) is 21.0. The number of nitrogens with two attached hydrogens (primary N) is 1. The van der Waals surface area contributed by atoms with Crippen molar-refractivity contribution in [2.24, 2.45) is 22.7 Å². The summed E-state index contributed by atoms with van der Waals surface area (Å²) in [7, 11) is 0. The lowest BCUT2D eigenvalue weighted by atomic mass is 9.92. The lowest BCUT2D eigenvalue weighted by molar-refractivity contribution is -0.132. The quantitative estimate of drug-likeness (QED) is 0.0350. The van der Waals surface area contributed by atoms with Crippen LogP contribution in [0.3, 0.4) is 0 Å². The Balaban J connectivity index is 1.40. The van der Waals surface area contributed by atoms with Crippen LogP contribution in [0, 0.1) is 24.3 Å². The molecule has 8 N–H and O–H groups in total. The summed E-state index contributed by atoms with van der Waals surface area (Å²) in [4.78, 5) is 68.1. The van der Waals surface area contributed by atoms with Crippen molar-refractivity contribution in [1.82, 2.24) is 21.3 Å². The van der Waals surface area contributed by atoms with Crippen LogP contribution in [0.25, 0.3) is 11.4 Å². The van der Waals surface area contributed by atoms with Crippen LogP contribution in [-0.4, -0.2) is 72.5 Å². The third-order valence-electron chi connectivity index (χ3n) is 11.7. The van der Waals surface area contributed by atoms with Gasteiger partial charge >= 0.3 is 0 Å². The highest BCUT2D eigenvalue weighted by Gasteiger charge is 2.32. The van der Waals surface area contributed by atoms with Crippen LogP contribution in [0.4, 0.5) is 11.4 Å². The molecule has 15 heteroatoms. The number of para-hydroxylation sites is 1. The Morgan fingerprint density at radius 1 is 0.818 bits per heavy atom. The van der Waals surface area contributed by atoms with Crippen molar-refractivity contribution in [3.05, 3.63) is 95.1 Å². The van der Waals surface area contributed by atoms with E-state index in [1.165, 1.54) is 0 Å². The maximum Gasteiger partial charge on any atom is 0.246 e. The molecule has 0 fully saturated rings. The highest BCUT2D eigenvalue weighted by Crippen LogP contribution is 2.39. The van der Waals surface area contributed by atoms with Gasteiger partial charge in [-0.15, -0.1) is 0 Å². The molecule has 66 heavy (non-hydrogen) atoms. The number of anilines is 2. The summed E-state index contributed by atoms with van der Waals surface area (Å²) < 4.78 is 6.41. The number of rotatable bonds is 24. The third kappa shape index (κ3) is 15.6. The van der Waals surface area contributed by atoms with Gasteiger partial charge in [0.05, 0.1) is 23.5 Å². The van der Waals surface area contributed by atoms with Crippen LogP contribution >= 0.6 is 0 Å². The standard InChI is InChI=1S/C51H73N9O6/c1-33(2)44(49(65)56-40(19-14-15-29-52)48(64)55-37-23-21-35(5)22-24-37)57-42(61)25-27-51(8,9)66-31-28-50(6,7)58-45-38-17-11-10-16-36(38)32-60(43(62)26-30-54-47(63)34(3)4)41-20-13-12-18-39(41)46(45)59-53/h10-13,16-18,20-24,33-34,40,44,53,58H,14-15,19,25-32,52H2,1-9H3,(H,54,63)(H,55,64)(H,56,65)(H,57,61)/b46-45-,59-53?/t40-,44?/m0/s1. The van der Waals surface area contributed by atoms with Crippen LogP contribution in [0.2, 0.25) is 0 Å². The molecule has 5 amide bonds. The topological polar surface area (TPSA) is 220 Å². The Morgan fingerprint density at radius 2 is 1.48 bits per heavy atom. The molecule has 3 aromatic carbocycles. The van der Waals surface area contributed by atoms with Gasteiger partial charge in [-0.25, -0.2) is 5.53 Å². The molecule has 4 rings (SSSR count). The second-order valence-electron chi connectivity index (χ2n) is 19.0. The minimum atomic E-state index is -0.856. The lowest BCUT2D eigenvalue weighted by Gasteiger charge is -2.35. The first kappa shape index (κ1) is 52.7. The number of nitrogens with one attached hydrogen (secondary N) is 6. The number of unbranched alkanes of at least 4 members (excludes halogenated alkanes) is 1. The molecule has 0 aromatic heterocycles. The number of benzene rings is 3. The largest absolute Gasteiger partial charge is 0.378 e. The molecule has 1 unspecified atom stereocenters. The normalized spacial score (nSPS) is 14.8. The molecule has 0 saturated carbocycles. The molecule has 1 aliphatic heterocycles. The highest BCUT2D eigenvalue weighted by molar-refractivity contribution is 6.02. The molecule has 0 saturated heterocycles. The van der Waals surface area contributed by atoms with Gasteiger partial charge in [0.25, 0.3) is 0 Å². The van der Waals surface area contributed by atoms with E-state index < -0.39 is 29.1 Å². The van der Waals surface area contributed by atoms with E-state index in [1.807, 2.05) is 121 Å². The average molecular weight is 908 g/mol. The highest BCUT2D eigenvalue weighted by atomic mass is 16.5. The molecule has 0 radical (unpaired) electrons.